The highest BCUT2D eigenvalue weighted by Gasteiger charge is 2.35. The third-order valence-electron chi connectivity index (χ3n) is 2.12. The summed E-state index contributed by atoms with van der Waals surface area (Å²) >= 11 is 5.73. The molecule has 0 saturated heterocycles. The van der Waals surface area contributed by atoms with Crippen LogP contribution in [0.3, 0.4) is 0 Å². The summed E-state index contributed by atoms with van der Waals surface area (Å²) in [7, 11) is 0. The first-order valence-corrected chi connectivity index (χ1v) is 5.31. The van der Waals surface area contributed by atoms with E-state index >= 15 is 0 Å². The molecule has 0 spiro atoms. The minimum Gasteiger partial charge on any atom is -0.437 e. The number of hydrogen-bond acceptors (Lipinski definition) is 2. The number of alkyl halides is 3. The number of nitrogens with zero attached hydrogens (tertiary/aromatic N) is 1. The zero-order valence-corrected chi connectivity index (χ0v) is 9.66. The van der Waals surface area contributed by atoms with Crippen LogP contribution >= 0.6 is 11.6 Å². The second-order valence-corrected chi connectivity index (χ2v) is 3.79. The van der Waals surface area contributed by atoms with Crippen molar-refractivity contribution in [1.29, 1.82) is 0 Å². The number of ether oxygens (including phenoxy) is 1. The standard InChI is InChI=1S/C12H7ClF3NO/c13-9-5-3-4-8(12(14,15)16)11(9)18-10-6-1-2-7-17-10/h1-7H. The first-order valence-electron chi connectivity index (χ1n) is 4.93. The van der Waals surface area contributed by atoms with Gasteiger partial charge in [0.25, 0.3) is 0 Å². The van der Waals surface area contributed by atoms with Crippen molar-refractivity contribution in [3.8, 4) is 11.6 Å². The Hall–Kier alpha value is -1.75. The lowest BCUT2D eigenvalue weighted by molar-refractivity contribution is -0.138. The molecule has 0 aliphatic rings. The molecule has 1 heterocycles. The Morgan fingerprint density at radius 2 is 1.83 bits per heavy atom. The summed E-state index contributed by atoms with van der Waals surface area (Å²) in [6.45, 7) is 0. The van der Waals surface area contributed by atoms with E-state index in [0.717, 1.165) is 6.07 Å². The van der Waals surface area contributed by atoms with E-state index in [0.29, 0.717) is 0 Å². The summed E-state index contributed by atoms with van der Waals surface area (Å²) in [6, 6.07) is 8.13. The molecule has 6 heteroatoms. The lowest BCUT2D eigenvalue weighted by Crippen LogP contribution is -2.07. The molecule has 1 aromatic heterocycles. The lowest BCUT2D eigenvalue weighted by Gasteiger charge is -2.14. The van der Waals surface area contributed by atoms with Gasteiger partial charge in [-0.05, 0) is 18.2 Å². The van der Waals surface area contributed by atoms with E-state index in [2.05, 4.69) is 4.98 Å². The summed E-state index contributed by atoms with van der Waals surface area (Å²) in [6.07, 6.45) is -3.12. The van der Waals surface area contributed by atoms with Gasteiger partial charge >= 0.3 is 6.18 Å². The second kappa shape index (κ2) is 4.86. The van der Waals surface area contributed by atoms with Crippen LogP contribution in [-0.2, 0) is 6.18 Å². The van der Waals surface area contributed by atoms with Crippen LogP contribution < -0.4 is 4.74 Å². The molecule has 0 bridgehead atoms. The highest BCUT2D eigenvalue weighted by atomic mass is 35.5. The summed E-state index contributed by atoms with van der Waals surface area (Å²) in [5, 5.41) is -0.115. The summed E-state index contributed by atoms with van der Waals surface area (Å²) in [4.78, 5) is 3.79. The van der Waals surface area contributed by atoms with Gasteiger partial charge in [0.05, 0.1) is 10.6 Å². The van der Waals surface area contributed by atoms with Crippen molar-refractivity contribution in [2.75, 3.05) is 0 Å². The van der Waals surface area contributed by atoms with Gasteiger partial charge in [0.2, 0.25) is 5.88 Å². The average molecular weight is 274 g/mol. The van der Waals surface area contributed by atoms with Gasteiger partial charge in [-0.3, -0.25) is 0 Å². The number of benzene rings is 1. The van der Waals surface area contributed by atoms with Gasteiger partial charge in [-0.15, -0.1) is 0 Å². The highest BCUT2D eigenvalue weighted by Crippen LogP contribution is 2.41. The average Bonchev–Trinajstić information content (AvgIpc) is 2.32. The third kappa shape index (κ3) is 2.73. The Morgan fingerprint density at radius 1 is 1.06 bits per heavy atom. The maximum absolute atomic E-state index is 12.8. The van der Waals surface area contributed by atoms with Crippen molar-refractivity contribution in [2.45, 2.75) is 6.18 Å². The minimum absolute atomic E-state index is 0.0519. The molecule has 0 aliphatic carbocycles. The second-order valence-electron chi connectivity index (χ2n) is 3.38. The first-order chi connectivity index (χ1) is 8.48. The molecular formula is C12H7ClF3NO. The van der Waals surface area contributed by atoms with Crippen LogP contribution in [0.2, 0.25) is 5.02 Å². The predicted molar refractivity (Wildman–Crippen MR) is 60.8 cm³/mol. The minimum atomic E-state index is -4.53. The van der Waals surface area contributed by atoms with Crippen LogP contribution in [0.5, 0.6) is 11.6 Å². The lowest BCUT2D eigenvalue weighted by atomic mass is 10.2. The molecule has 0 radical (unpaired) electrons. The fraction of sp³-hybridized carbons (Fsp3) is 0.0833. The van der Waals surface area contributed by atoms with Crippen molar-refractivity contribution in [1.82, 2.24) is 4.98 Å². The SMILES string of the molecule is FC(F)(F)c1cccc(Cl)c1Oc1ccccn1. The van der Waals surface area contributed by atoms with Crippen LogP contribution in [0.15, 0.2) is 42.6 Å². The molecule has 0 saturated carbocycles. The van der Waals surface area contributed by atoms with E-state index in [1.54, 1.807) is 12.1 Å². The maximum Gasteiger partial charge on any atom is 0.420 e. The number of hydrogen-bond donors (Lipinski definition) is 0. The van der Waals surface area contributed by atoms with Crippen molar-refractivity contribution in [3.63, 3.8) is 0 Å². The zero-order valence-electron chi connectivity index (χ0n) is 8.91. The van der Waals surface area contributed by atoms with Crippen molar-refractivity contribution < 1.29 is 17.9 Å². The Kier molecular flexibility index (Phi) is 3.43. The van der Waals surface area contributed by atoms with Gasteiger partial charge in [0, 0.05) is 12.3 Å². The molecule has 2 aromatic rings. The molecule has 2 nitrogen and oxygen atoms in total. The zero-order chi connectivity index (χ0) is 13.2. The quantitative estimate of drug-likeness (QED) is 0.801. The van der Waals surface area contributed by atoms with E-state index in [-0.39, 0.29) is 10.9 Å². The third-order valence-corrected chi connectivity index (χ3v) is 2.41. The maximum atomic E-state index is 12.8. The largest absolute Gasteiger partial charge is 0.437 e. The molecule has 2 rings (SSSR count). The molecule has 18 heavy (non-hydrogen) atoms. The Labute approximate surface area is 106 Å². The molecule has 0 unspecified atom stereocenters. The van der Waals surface area contributed by atoms with Crippen LogP contribution in [0.4, 0.5) is 13.2 Å². The number of halogens is 4. The van der Waals surface area contributed by atoms with Gasteiger partial charge < -0.3 is 4.74 Å². The van der Waals surface area contributed by atoms with E-state index < -0.39 is 17.5 Å². The Balaban J connectivity index is 2.44. The van der Waals surface area contributed by atoms with Gasteiger partial charge in [0.1, 0.15) is 0 Å². The normalized spacial score (nSPS) is 11.3. The van der Waals surface area contributed by atoms with E-state index in [1.807, 2.05) is 0 Å². The van der Waals surface area contributed by atoms with Crippen LogP contribution in [-0.4, -0.2) is 4.98 Å². The van der Waals surface area contributed by atoms with Crippen LogP contribution in [0, 0.1) is 0 Å². The van der Waals surface area contributed by atoms with E-state index in [4.69, 9.17) is 16.3 Å². The molecule has 0 aliphatic heterocycles. The monoisotopic (exact) mass is 273 g/mol. The fourth-order valence-corrected chi connectivity index (χ4v) is 1.56. The van der Waals surface area contributed by atoms with E-state index in [1.165, 1.54) is 24.4 Å². The van der Waals surface area contributed by atoms with E-state index in [9.17, 15) is 13.2 Å². The summed E-state index contributed by atoms with van der Waals surface area (Å²) in [5.74, 6) is -0.388. The van der Waals surface area contributed by atoms with Gasteiger partial charge in [0.15, 0.2) is 5.75 Å². The molecule has 1 aromatic carbocycles. The fourth-order valence-electron chi connectivity index (χ4n) is 1.35. The van der Waals surface area contributed by atoms with Gasteiger partial charge in [-0.1, -0.05) is 23.7 Å². The highest BCUT2D eigenvalue weighted by molar-refractivity contribution is 6.32. The van der Waals surface area contributed by atoms with Crippen molar-refractivity contribution in [3.05, 3.63) is 53.2 Å². The smallest absolute Gasteiger partial charge is 0.420 e. The van der Waals surface area contributed by atoms with Crippen LogP contribution in [0.25, 0.3) is 0 Å². The molecule has 0 N–H and O–H groups in total. The molecule has 0 atom stereocenters. The predicted octanol–water partition coefficient (Wildman–Crippen LogP) is 4.55. The Morgan fingerprint density at radius 3 is 2.44 bits per heavy atom. The molecular weight excluding hydrogens is 267 g/mol. The topological polar surface area (TPSA) is 22.1 Å². The first kappa shape index (κ1) is 12.7. The molecule has 94 valence electrons. The van der Waals surface area contributed by atoms with Gasteiger partial charge in [-0.2, -0.15) is 13.2 Å². The van der Waals surface area contributed by atoms with Crippen LogP contribution in [0.1, 0.15) is 5.56 Å². The number of rotatable bonds is 2. The Bertz CT molecular complexity index is 543. The molecule has 0 fully saturated rings. The number of para-hydroxylation sites is 1. The summed E-state index contributed by atoms with van der Waals surface area (Å²) < 4.78 is 43.4. The van der Waals surface area contributed by atoms with Crippen molar-refractivity contribution in [2.24, 2.45) is 0 Å². The van der Waals surface area contributed by atoms with Gasteiger partial charge in [-0.25, -0.2) is 4.98 Å². The molecule has 0 amide bonds. The number of aromatic nitrogens is 1. The number of pyridine rings is 1. The van der Waals surface area contributed by atoms with Crippen molar-refractivity contribution >= 4 is 11.6 Å². The summed E-state index contributed by atoms with van der Waals surface area (Å²) in [5.41, 5.74) is -0.930.